The highest BCUT2D eigenvalue weighted by atomic mass is 79.9. The zero-order valence-corrected chi connectivity index (χ0v) is 55.8. The lowest BCUT2D eigenvalue weighted by atomic mass is 9.63. The van der Waals surface area contributed by atoms with E-state index in [1.54, 1.807) is 66.8 Å². The van der Waals surface area contributed by atoms with Gasteiger partial charge in [0.25, 0.3) is 0 Å². The fourth-order valence-electron chi connectivity index (χ4n) is 16.0. The predicted molar refractivity (Wildman–Crippen MR) is 356 cm³/mol. The number of unbranched alkanes of at least 4 members (excludes halogenated alkanes) is 30. The number of hydrogen-bond donors (Lipinski definition) is 0. The molecule has 0 saturated heterocycles. The van der Waals surface area contributed by atoms with E-state index in [4.69, 9.17) is 0 Å². The van der Waals surface area contributed by atoms with Gasteiger partial charge in [-0.2, -0.15) is 0 Å². The fraction of sp³-hybridized carbons (Fsp3) is 0.680. The minimum atomic E-state index is -0.0504. The van der Waals surface area contributed by atoms with Gasteiger partial charge < -0.3 is 0 Å². The van der Waals surface area contributed by atoms with Gasteiger partial charge in [-0.05, 0) is 142 Å². The van der Waals surface area contributed by atoms with Crippen molar-refractivity contribution in [2.45, 2.75) is 327 Å². The molecule has 3 aliphatic rings. The molecule has 4 aromatic carbocycles. The van der Waals surface area contributed by atoms with Crippen LogP contribution < -0.4 is 0 Å². The molecule has 0 heterocycles. The third-order valence-electron chi connectivity index (χ3n) is 20.0. The first-order chi connectivity index (χ1) is 38.2. The number of halogens is 3. The van der Waals surface area contributed by atoms with Crippen LogP contribution in [0.1, 0.15) is 345 Å². The molecule has 3 heteroatoms. The topological polar surface area (TPSA) is 0 Å². The minimum Gasteiger partial charge on any atom is -0.0654 e. The number of hydrogen-bond acceptors (Lipinski definition) is 0. The van der Waals surface area contributed by atoms with Crippen molar-refractivity contribution < 1.29 is 0 Å². The highest BCUT2D eigenvalue weighted by molar-refractivity contribution is 9.11. The molecule has 0 radical (unpaired) electrons. The predicted octanol–water partition coefficient (Wildman–Crippen LogP) is 27.3. The van der Waals surface area contributed by atoms with Gasteiger partial charge in [0.15, 0.2) is 0 Å². The van der Waals surface area contributed by atoms with Crippen LogP contribution in [0.3, 0.4) is 0 Å². The van der Waals surface area contributed by atoms with Crippen molar-refractivity contribution in [1.29, 1.82) is 0 Å². The van der Waals surface area contributed by atoms with E-state index in [2.05, 4.69) is 144 Å². The van der Waals surface area contributed by atoms with Crippen LogP contribution in [0.25, 0.3) is 33.4 Å². The zero-order valence-electron chi connectivity index (χ0n) is 51.0. The summed E-state index contributed by atoms with van der Waals surface area (Å²) < 4.78 is 3.79. The van der Waals surface area contributed by atoms with Crippen molar-refractivity contribution in [2.75, 3.05) is 0 Å². The highest BCUT2D eigenvalue weighted by Gasteiger charge is 2.57. The van der Waals surface area contributed by atoms with Crippen LogP contribution in [0.5, 0.6) is 0 Å². The second-order valence-corrected chi connectivity index (χ2v) is 28.4. The maximum absolute atomic E-state index is 4.22. The second-order valence-electron chi connectivity index (χ2n) is 25.7. The maximum Gasteiger partial charge on any atom is 0.0222 e. The highest BCUT2D eigenvalue weighted by Crippen LogP contribution is 2.72. The monoisotopic (exact) mass is 1250 g/mol. The van der Waals surface area contributed by atoms with Crippen molar-refractivity contribution in [3.8, 4) is 33.4 Å². The lowest BCUT2D eigenvalue weighted by Crippen LogP contribution is -2.31. The summed E-state index contributed by atoms with van der Waals surface area (Å²) in [5.74, 6) is 0. The van der Waals surface area contributed by atoms with Crippen LogP contribution >= 0.6 is 47.8 Å². The fourth-order valence-corrected chi connectivity index (χ4v) is 17.0. The average Bonchev–Trinajstić information content (AvgIpc) is 3.21. The van der Waals surface area contributed by atoms with Gasteiger partial charge in [-0.3, -0.25) is 0 Å². The Morgan fingerprint density at radius 2 is 0.423 bits per heavy atom. The molecular weight excluding hydrogens is 1140 g/mol. The first-order valence-corrected chi connectivity index (χ1v) is 36.3. The summed E-state index contributed by atoms with van der Waals surface area (Å²) >= 11 is 12.7. The Morgan fingerprint density at radius 1 is 0.244 bits per heavy atom. The largest absolute Gasteiger partial charge is 0.0654 e. The molecule has 0 bridgehead atoms. The SMILES string of the molecule is CCCCCCCCC1(CCCCCCCC)c2cc(Br)ccc2-c2c1c1c(c3c2C(CCCCCCCC)(CCCCCCCC)c2cc(Br)ccc2-3)C(CCCCCCCC)(CCCCCCCC)c2cc(Br)ccc2-1. The van der Waals surface area contributed by atoms with E-state index in [0.29, 0.717) is 0 Å². The molecule has 0 N–H and O–H groups in total. The summed E-state index contributed by atoms with van der Waals surface area (Å²) in [4.78, 5) is 0. The summed E-state index contributed by atoms with van der Waals surface area (Å²) in [7, 11) is 0. The van der Waals surface area contributed by atoms with E-state index in [-0.39, 0.29) is 16.2 Å². The molecule has 0 aromatic heterocycles. The number of fused-ring (bicyclic) bond motifs is 12. The molecular formula is C75H111Br3. The van der Waals surface area contributed by atoms with Crippen molar-refractivity contribution >= 4 is 47.8 Å². The first-order valence-electron chi connectivity index (χ1n) is 33.9. The third-order valence-corrected chi connectivity index (χ3v) is 21.5. The normalized spacial score (nSPS) is 14.9. The Balaban J connectivity index is 1.60. The third kappa shape index (κ3) is 15.0. The van der Waals surface area contributed by atoms with E-state index >= 15 is 0 Å². The Labute approximate surface area is 506 Å². The quantitative estimate of drug-likeness (QED) is 0.0388. The van der Waals surface area contributed by atoms with Gasteiger partial charge in [0.2, 0.25) is 0 Å². The molecule has 0 fully saturated rings. The van der Waals surface area contributed by atoms with Crippen LogP contribution in [0.15, 0.2) is 68.0 Å². The molecule has 0 spiro atoms. The van der Waals surface area contributed by atoms with Crippen molar-refractivity contribution in [1.82, 2.24) is 0 Å². The zero-order chi connectivity index (χ0) is 55.2. The van der Waals surface area contributed by atoms with Gasteiger partial charge in [0, 0.05) is 29.7 Å². The first kappa shape index (κ1) is 63.9. The molecule has 0 unspecified atom stereocenters. The van der Waals surface area contributed by atoms with Crippen LogP contribution in [-0.2, 0) is 16.2 Å². The number of benzene rings is 4. The van der Waals surface area contributed by atoms with Gasteiger partial charge in [-0.25, -0.2) is 0 Å². The van der Waals surface area contributed by atoms with Gasteiger partial charge >= 0.3 is 0 Å². The lowest BCUT2D eigenvalue weighted by molar-refractivity contribution is 0.386. The minimum absolute atomic E-state index is 0.0504. The van der Waals surface area contributed by atoms with E-state index in [0.717, 1.165) is 0 Å². The standard InChI is InChI=1S/C75H111Br3/c1-7-13-19-25-31-37-49-73(50-38-32-26-20-14-8-2)64-55-58(76)43-46-61(64)67-70(73)68-62-47-44-59(77)56-65(62)74(51-39-33-27-21-15-9-3,52-40-34-28-22-16-10-4)72(68)69-63-48-45-60(78)57-66(63)75(71(67)69,53-41-35-29-23-17-11-5)54-42-36-30-24-18-12-6/h43-48,55-57H,7-42,49-54H2,1-6H3. The van der Waals surface area contributed by atoms with E-state index in [1.807, 2.05) is 0 Å². The molecule has 0 nitrogen and oxygen atoms in total. The summed E-state index contributed by atoms with van der Waals surface area (Å²) in [6, 6.07) is 23.3. The Hall–Kier alpha value is -1.68. The smallest absolute Gasteiger partial charge is 0.0222 e. The summed E-state index contributed by atoms with van der Waals surface area (Å²) in [6.07, 6.45) is 55.8. The Bertz CT molecular complexity index is 2080. The maximum atomic E-state index is 4.22. The molecule has 0 saturated carbocycles. The number of rotatable bonds is 42. The molecule has 4 aromatic rings. The molecule has 7 rings (SSSR count). The van der Waals surface area contributed by atoms with Crippen LogP contribution in [0, 0.1) is 0 Å². The summed E-state index contributed by atoms with van der Waals surface area (Å²) in [5.41, 5.74) is 20.1. The Morgan fingerprint density at radius 3 is 0.615 bits per heavy atom. The molecule has 3 aliphatic carbocycles. The summed E-state index contributed by atoms with van der Waals surface area (Å²) in [5, 5.41) is 0. The molecule has 432 valence electrons. The van der Waals surface area contributed by atoms with Crippen LogP contribution in [0.2, 0.25) is 0 Å². The van der Waals surface area contributed by atoms with Crippen LogP contribution in [-0.4, -0.2) is 0 Å². The van der Waals surface area contributed by atoms with E-state index < -0.39 is 0 Å². The van der Waals surface area contributed by atoms with Gasteiger partial charge in [0.1, 0.15) is 0 Å². The van der Waals surface area contributed by atoms with Crippen molar-refractivity contribution in [3.63, 3.8) is 0 Å². The average molecular weight is 1250 g/mol. The van der Waals surface area contributed by atoms with Crippen molar-refractivity contribution in [3.05, 3.63) is 101 Å². The van der Waals surface area contributed by atoms with Gasteiger partial charge in [-0.1, -0.05) is 339 Å². The molecule has 0 atom stereocenters. The van der Waals surface area contributed by atoms with E-state index in [1.165, 1.54) is 283 Å². The lowest BCUT2D eigenvalue weighted by Gasteiger charge is -2.40. The van der Waals surface area contributed by atoms with Crippen LogP contribution in [0.4, 0.5) is 0 Å². The van der Waals surface area contributed by atoms with Gasteiger partial charge in [-0.15, -0.1) is 0 Å². The van der Waals surface area contributed by atoms with E-state index in [9.17, 15) is 0 Å². The summed E-state index contributed by atoms with van der Waals surface area (Å²) in [6.45, 7) is 14.3. The second kappa shape index (κ2) is 33.0. The Kier molecular flexibility index (Phi) is 27.0. The van der Waals surface area contributed by atoms with Gasteiger partial charge in [0.05, 0.1) is 0 Å². The molecule has 0 amide bonds. The van der Waals surface area contributed by atoms with Crippen molar-refractivity contribution in [2.24, 2.45) is 0 Å². The molecule has 78 heavy (non-hydrogen) atoms. The molecule has 0 aliphatic heterocycles.